The number of amides is 1. The molecule has 0 unspecified atom stereocenters. The Morgan fingerprint density at radius 2 is 1.90 bits per heavy atom. The van der Waals surface area contributed by atoms with Crippen LogP contribution in [0.3, 0.4) is 0 Å². The van der Waals surface area contributed by atoms with Crippen molar-refractivity contribution in [2.24, 2.45) is 0 Å². The molecule has 1 aromatic carbocycles. The third-order valence-corrected chi connectivity index (χ3v) is 5.34. The summed E-state index contributed by atoms with van der Waals surface area (Å²) in [4.78, 5) is 32.1. The van der Waals surface area contributed by atoms with Gasteiger partial charge in [-0.15, -0.1) is 11.3 Å². The van der Waals surface area contributed by atoms with Crippen LogP contribution in [0.4, 0.5) is 0 Å². The minimum absolute atomic E-state index is 0.0654. The third-order valence-electron chi connectivity index (χ3n) is 4.26. The number of carbonyl (C=O) groups excluding carboxylic acids is 1. The van der Waals surface area contributed by atoms with Gasteiger partial charge in [-0.05, 0) is 34.0 Å². The SMILES string of the molecule is CC(C)n1nc(-c2sc(C(=O)NCCN(C)C)nc2-c2ccccc2)ccc1=O. The van der Waals surface area contributed by atoms with Gasteiger partial charge in [-0.1, -0.05) is 30.3 Å². The zero-order valence-corrected chi connectivity index (χ0v) is 17.9. The summed E-state index contributed by atoms with van der Waals surface area (Å²) >= 11 is 1.29. The lowest BCUT2D eigenvalue weighted by molar-refractivity contribution is 0.0950. The molecule has 1 N–H and O–H groups in total. The molecular formula is C21H25N5O2S. The van der Waals surface area contributed by atoms with E-state index in [4.69, 9.17) is 0 Å². The molecule has 0 aliphatic heterocycles. The first-order valence-corrected chi connectivity index (χ1v) is 10.3. The quantitative estimate of drug-likeness (QED) is 0.647. The highest BCUT2D eigenvalue weighted by atomic mass is 32.1. The van der Waals surface area contributed by atoms with E-state index in [9.17, 15) is 9.59 Å². The smallest absolute Gasteiger partial charge is 0.280 e. The molecule has 0 fully saturated rings. The molecule has 0 radical (unpaired) electrons. The maximum atomic E-state index is 12.6. The second-order valence-corrected chi connectivity index (χ2v) is 8.22. The topological polar surface area (TPSA) is 80.1 Å². The molecule has 2 heterocycles. The van der Waals surface area contributed by atoms with Crippen molar-refractivity contribution in [1.82, 2.24) is 25.0 Å². The van der Waals surface area contributed by atoms with Crippen LogP contribution in [0.25, 0.3) is 21.8 Å². The zero-order chi connectivity index (χ0) is 21.0. The number of benzene rings is 1. The number of hydrogen-bond acceptors (Lipinski definition) is 6. The minimum atomic E-state index is -0.211. The number of rotatable bonds is 7. The Morgan fingerprint density at radius 1 is 1.17 bits per heavy atom. The van der Waals surface area contributed by atoms with Crippen molar-refractivity contribution < 1.29 is 4.79 Å². The van der Waals surface area contributed by atoms with Crippen LogP contribution in [0.1, 0.15) is 29.7 Å². The summed E-state index contributed by atoms with van der Waals surface area (Å²) in [6.07, 6.45) is 0. The lowest BCUT2D eigenvalue weighted by atomic mass is 10.1. The Hall–Kier alpha value is -2.84. The second-order valence-electron chi connectivity index (χ2n) is 7.22. The lowest BCUT2D eigenvalue weighted by Crippen LogP contribution is -2.31. The summed E-state index contributed by atoms with van der Waals surface area (Å²) < 4.78 is 1.45. The summed E-state index contributed by atoms with van der Waals surface area (Å²) in [5, 5.41) is 7.80. The van der Waals surface area contributed by atoms with Gasteiger partial charge in [0.2, 0.25) is 0 Å². The van der Waals surface area contributed by atoms with Gasteiger partial charge in [0.1, 0.15) is 5.69 Å². The van der Waals surface area contributed by atoms with E-state index in [2.05, 4.69) is 15.4 Å². The normalized spacial score (nSPS) is 11.2. The number of aromatic nitrogens is 3. The van der Waals surface area contributed by atoms with Gasteiger partial charge in [0.25, 0.3) is 11.5 Å². The number of carbonyl (C=O) groups is 1. The number of nitrogens with zero attached hydrogens (tertiary/aromatic N) is 4. The summed E-state index contributed by atoms with van der Waals surface area (Å²) in [5.41, 5.74) is 2.06. The summed E-state index contributed by atoms with van der Waals surface area (Å²) in [6.45, 7) is 5.10. The molecule has 0 saturated carbocycles. The lowest BCUT2D eigenvalue weighted by Gasteiger charge is -2.09. The predicted molar refractivity (Wildman–Crippen MR) is 116 cm³/mol. The number of nitrogens with one attached hydrogen (secondary N) is 1. The molecule has 8 heteroatoms. The molecule has 0 aliphatic carbocycles. The van der Waals surface area contributed by atoms with E-state index in [0.717, 1.165) is 17.0 Å². The van der Waals surface area contributed by atoms with Crippen LogP contribution in [0, 0.1) is 0 Å². The van der Waals surface area contributed by atoms with Gasteiger partial charge in [0, 0.05) is 24.7 Å². The van der Waals surface area contributed by atoms with Crippen LogP contribution >= 0.6 is 11.3 Å². The average Bonchev–Trinajstić information content (AvgIpc) is 3.14. The van der Waals surface area contributed by atoms with E-state index in [1.54, 1.807) is 6.07 Å². The average molecular weight is 412 g/mol. The van der Waals surface area contributed by atoms with Crippen LogP contribution < -0.4 is 10.9 Å². The molecule has 2 aromatic heterocycles. The Kier molecular flexibility index (Phi) is 6.56. The van der Waals surface area contributed by atoms with Crippen LogP contribution in [0.2, 0.25) is 0 Å². The maximum absolute atomic E-state index is 12.6. The van der Waals surface area contributed by atoms with Gasteiger partial charge in [-0.2, -0.15) is 5.10 Å². The zero-order valence-electron chi connectivity index (χ0n) is 17.0. The van der Waals surface area contributed by atoms with Gasteiger partial charge in [-0.25, -0.2) is 9.67 Å². The van der Waals surface area contributed by atoms with E-state index in [-0.39, 0.29) is 17.5 Å². The molecule has 7 nitrogen and oxygen atoms in total. The second kappa shape index (κ2) is 9.11. The van der Waals surface area contributed by atoms with Crippen molar-refractivity contribution in [3.8, 4) is 21.8 Å². The van der Waals surface area contributed by atoms with E-state index in [1.165, 1.54) is 22.1 Å². The van der Waals surface area contributed by atoms with E-state index in [0.29, 0.717) is 22.9 Å². The summed E-state index contributed by atoms with van der Waals surface area (Å²) in [7, 11) is 3.91. The molecule has 152 valence electrons. The Labute approximate surface area is 174 Å². The van der Waals surface area contributed by atoms with Gasteiger partial charge in [0.15, 0.2) is 5.01 Å². The largest absolute Gasteiger partial charge is 0.349 e. The van der Waals surface area contributed by atoms with E-state index in [1.807, 2.05) is 63.2 Å². The van der Waals surface area contributed by atoms with Crippen molar-refractivity contribution in [1.29, 1.82) is 0 Å². The van der Waals surface area contributed by atoms with Crippen LogP contribution in [0.15, 0.2) is 47.3 Å². The molecule has 1 amide bonds. The van der Waals surface area contributed by atoms with Crippen molar-refractivity contribution in [3.63, 3.8) is 0 Å². The fourth-order valence-electron chi connectivity index (χ4n) is 2.77. The highest BCUT2D eigenvalue weighted by Gasteiger charge is 2.20. The molecule has 3 rings (SSSR count). The fraction of sp³-hybridized carbons (Fsp3) is 0.333. The molecular weight excluding hydrogens is 386 g/mol. The maximum Gasteiger partial charge on any atom is 0.280 e. The van der Waals surface area contributed by atoms with Gasteiger partial charge >= 0.3 is 0 Å². The molecule has 0 bridgehead atoms. The first-order valence-electron chi connectivity index (χ1n) is 9.46. The number of likely N-dealkylation sites (N-methyl/N-ethyl adjacent to an activating group) is 1. The first kappa shape index (κ1) is 20.9. The molecule has 29 heavy (non-hydrogen) atoms. The van der Waals surface area contributed by atoms with E-state index >= 15 is 0 Å². The van der Waals surface area contributed by atoms with Gasteiger partial charge in [-0.3, -0.25) is 9.59 Å². The van der Waals surface area contributed by atoms with Crippen molar-refractivity contribution in [2.45, 2.75) is 19.9 Å². The third kappa shape index (κ3) is 4.96. The number of hydrogen-bond donors (Lipinski definition) is 1. The highest BCUT2D eigenvalue weighted by Crippen LogP contribution is 2.35. The van der Waals surface area contributed by atoms with Crippen LogP contribution in [-0.2, 0) is 0 Å². The van der Waals surface area contributed by atoms with Crippen molar-refractivity contribution in [2.75, 3.05) is 27.2 Å². The Balaban J connectivity index is 2.04. The predicted octanol–water partition coefficient (Wildman–Crippen LogP) is 2.91. The molecule has 0 spiro atoms. The summed E-state index contributed by atoms with van der Waals surface area (Å²) in [5.74, 6) is -0.211. The Morgan fingerprint density at radius 3 is 2.55 bits per heavy atom. The fourth-order valence-corrected chi connectivity index (χ4v) is 3.74. The minimum Gasteiger partial charge on any atom is -0.349 e. The van der Waals surface area contributed by atoms with Crippen LogP contribution in [-0.4, -0.2) is 52.8 Å². The number of thiazole rings is 1. The monoisotopic (exact) mass is 411 g/mol. The molecule has 3 aromatic rings. The van der Waals surface area contributed by atoms with Gasteiger partial charge in [0.05, 0.1) is 16.6 Å². The van der Waals surface area contributed by atoms with E-state index < -0.39 is 0 Å². The summed E-state index contributed by atoms with van der Waals surface area (Å²) in [6, 6.07) is 12.8. The molecule has 0 aliphatic rings. The highest BCUT2D eigenvalue weighted by molar-refractivity contribution is 7.17. The first-order chi connectivity index (χ1) is 13.9. The molecule has 0 saturated heterocycles. The van der Waals surface area contributed by atoms with Crippen molar-refractivity contribution in [3.05, 3.63) is 57.8 Å². The van der Waals surface area contributed by atoms with Gasteiger partial charge < -0.3 is 10.2 Å². The molecule has 0 atom stereocenters. The standard InChI is InChI=1S/C21H25N5O2S/c1-14(2)26-17(27)11-10-16(24-26)19-18(15-8-6-5-7-9-15)23-21(29-19)20(28)22-12-13-25(3)4/h5-11,14H,12-13H2,1-4H3,(H,22,28). The van der Waals surface area contributed by atoms with Crippen LogP contribution in [0.5, 0.6) is 0 Å². The van der Waals surface area contributed by atoms with Crippen molar-refractivity contribution >= 4 is 17.2 Å². The Bertz CT molecular complexity index is 1040.